The highest BCUT2D eigenvalue weighted by Crippen LogP contribution is 2.35. The number of anilines is 1. The summed E-state index contributed by atoms with van der Waals surface area (Å²) in [4.78, 5) is 32.1. The number of hydrogen-bond acceptors (Lipinski definition) is 4. The fourth-order valence-corrected chi connectivity index (χ4v) is 3.86. The lowest BCUT2D eigenvalue weighted by Gasteiger charge is -2.24. The summed E-state index contributed by atoms with van der Waals surface area (Å²) in [6.07, 6.45) is 0.246. The van der Waals surface area contributed by atoms with Gasteiger partial charge < -0.3 is 10.3 Å². The van der Waals surface area contributed by atoms with Crippen LogP contribution in [0.4, 0.5) is 5.82 Å². The molecule has 0 unspecified atom stereocenters. The molecule has 0 radical (unpaired) electrons. The largest absolute Gasteiger partial charge is 0.310 e. The molecule has 6 heteroatoms. The van der Waals surface area contributed by atoms with Gasteiger partial charge in [-0.3, -0.25) is 9.59 Å². The van der Waals surface area contributed by atoms with Crippen LogP contribution in [0.1, 0.15) is 30.4 Å². The van der Waals surface area contributed by atoms with Crippen molar-refractivity contribution >= 4 is 34.3 Å². The van der Waals surface area contributed by atoms with Crippen LogP contribution in [-0.4, -0.2) is 21.6 Å². The van der Waals surface area contributed by atoms with Gasteiger partial charge in [-0.25, -0.2) is 4.98 Å². The van der Waals surface area contributed by atoms with E-state index in [4.69, 9.17) is 0 Å². The summed E-state index contributed by atoms with van der Waals surface area (Å²) in [5, 5.41) is 5.51. The highest BCUT2D eigenvalue weighted by atomic mass is 32.2. The molecule has 1 aliphatic rings. The molecule has 2 heterocycles. The molecule has 1 amide bonds. The van der Waals surface area contributed by atoms with Crippen LogP contribution < -0.4 is 10.9 Å². The summed E-state index contributed by atoms with van der Waals surface area (Å²) in [6.45, 7) is 1.99. The predicted molar refractivity (Wildman–Crippen MR) is 100 cm³/mol. The smallest absolute Gasteiger partial charge is 0.257 e. The van der Waals surface area contributed by atoms with Crippen molar-refractivity contribution < 1.29 is 4.79 Å². The van der Waals surface area contributed by atoms with E-state index in [9.17, 15) is 9.59 Å². The van der Waals surface area contributed by atoms with Crippen LogP contribution in [0.2, 0.25) is 0 Å². The fraction of sp³-hybridized carbons (Fsp3) is 0.211. The number of nitrogens with zero attached hydrogens (tertiary/aromatic N) is 1. The molecule has 1 atom stereocenters. The van der Waals surface area contributed by atoms with Crippen LogP contribution >= 0.6 is 11.8 Å². The van der Waals surface area contributed by atoms with Crippen LogP contribution in [0.5, 0.6) is 0 Å². The maximum atomic E-state index is 12.7. The molecular formula is C19H17N3O2S. The van der Waals surface area contributed by atoms with Gasteiger partial charge in [-0.15, -0.1) is 0 Å². The van der Waals surface area contributed by atoms with Gasteiger partial charge >= 0.3 is 0 Å². The second kappa shape index (κ2) is 6.37. The van der Waals surface area contributed by atoms with Crippen molar-refractivity contribution in [2.75, 3.05) is 11.1 Å². The summed E-state index contributed by atoms with van der Waals surface area (Å²) < 4.78 is 0. The van der Waals surface area contributed by atoms with Crippen molar-refractivity contribution in [3.8, 4) is 0 Å². The number of fused-ring (bicyclic) bond motifs is 2. The Morgan fingerprint density at radius 1 is 1.16 bits per heavy atom. The molecule has 0 bridgehead atoms. The van der Waals surface area contributed by atoms with E-state index in [0.717, 1.165) is 22.1 Å². The van der Waals surface area contributed by atoms with Crippen molar-refractivity contribution in [2.45, 2.75) is 24.4 Å². The molecule has 4 rings (SSSR count). The summed E-state index contributed by atoms with van der Waals surface area (Å²) in [5.74, 6) is 0.777. The number of thioether (sulfide) groups is 1. The number of H-pyrrole nitrogens is 1. The van der Waals surface area contributed by atoms with E-state index in [2.05, 4.69) is 21.4 Å². The lowest BCUT2D eigenvalue weighted by atomic mass is 9.86. The second-order valence-corrected chi connectivity index (χ2v) is 7.23. The van der Waals surface area contributed by atoms with Gasteiger partial charge in [0.05, 0.1) is 5.56 Å². The zero-order valence-corrected chi connectivity index (χ0v) is 14.5. The molecule has 1 aromatic heterocycles. The lowest BCUT2D eigenvalue weighted by molar-refractivity contribution is -0.116. The highest BCUT2D eigenvalue weighted by molar-refractivity contribution is 7.99. The Bertz CT molecular complexity index is 1030. The van der Waals surface area contributed by atoms with Gasteiger partial charge in [-0.05, 0) is 22.1 Å². The Hall–Kier alpha value is -2.60. The molecular weight excluding hydrogens is 334 g/mol. The second-order valence-electron chi connectivity index (χ2n) is 5.98. The number of benzene rings is 2. The Morgan fingerprint density at radius 3 is 2.76 bits per heavy atom. The van der Waals surface area contributed by atoms with Gasteiger partial charge in [0, 0.05) is 12.3 Å². The first-order chi connectivity index (χ1) is 12.2. The number of amides is 1. The molecule has 2 aromatic carbocycles. The molecule has 25 heavy (non-hydrogen) atoms. The van der Waals surface area contributed by atoms with E-state index < -0.39 is 0 Å². The number of carbonyl (C=O) groups is 1. The Balaban J connectivity index is 1.85. The van der Waals surface area contributed by atoms with Gasteiger partial charge in [-0.2, -0.15) is 0 Å². The first-order valence-corrected chi connectivity index (χ1v) is 9.20. The summed E-state index contributed by atoms with van der Waals surface area (Å²) in [7, 11) is 0. The minimum Gasteiger partial charge on any atom is -0.310 e. The van der Waals surface area contributed by atoms with Crippen molar-refractivity contribution in [3.05, 3.63) is 63.9 Å². The molecule has 0 saturated heterocycles. The molecule has 0 saturated carbocycles. The standard InChI is InChI=1S/C19H17N3O2S/c1-2-25-19-21-17-16(18(24)22-19)14(10-15(23)20-17)13-8-7-11-5-3-4-6-12(11)9-13/h3-9,14H,2,10H2,1H3,(H2,20,21,22,23,24)/t14-/m0/s1. The number of hydrogen-bond donors (Lipinski definition) is 2. The molecule has 5 nitrogen and oxygen atoms in total. The van der Waals surface area contributed by atoms with E-state index in [1.54, 1.807) is 0 Å². The zero-order chi connectivity index (χ0) is 17.4. The third-order valence-corrected chi connectivity index (χ3v) is 5.14. The Morgan fingerprint density at radius 2 is 1.96 bits per heavy atom. The van der Waals surface area contributed by atoms with Crippen LogP contribution in [0.25, 0.3) is 10.8 Å². The molecule has 3 aromatic rings. The predicted octanol–water partition coefficient (Wildman–Crippen LogP) is 3.51. The van der Waals surface area contributed by atoms with Gasteiger partial charge in [0.1, 0.15) is 5.82 Å². The Labute approximate surface area is 148 Å². The highest BCUT2D eigenvalue weighted by Gasteiger charge is 2.31. The fourth-order valence-electron chi connectivity index (χ4n) is 3.26. The first-order valence-electron chi connectivity index (χ1n) is 8.21. The molecule has 0 spiro atoms. The maximum absolute atomic E-state index is 12.7. The SMILES string of the molecule is CCSc1nc2c(c(=O)[nH]1)[C@H](c1ccc3ccccc3c1)CC(=O)N2. The number of aromatic amines is 1. The summed E-state index contributed by atoms with van der Waals surface area (Å²) in [6, 6.07) is 14.1. The van der Waals surface area contributed by atoms with Crippen LogP contribution in [-0.2, 0) is 4.79 Å². The van der Waals surface area contributed by atoms with E-state index >= 15 is 0 Å². The van der Waals surface area contributed by atoms with Gasteiger partial charge in [0.15, 0.2) is 5.16 Å². The van der Waals surface area contributed by atoms with Gasteiger partial charge in [0.25, 0.3) is 5.56 Å². The van der Waals surface area contributed by atoms with Crippen LogP contribution in [0, 0.1) is 0 Å². The minimum atomic E-state index is -0.287. The van der Waals surface area contributed by atoms with Crippen molar-refractivity contribution in [1.82, 2.24) is 9.97 Å². The molecule has 1 aliphatic heterocycles. The summed E-state index contributed by atoms with van der Waals surface area (Å²) in [5.41, 5.74) is 1.31. The van der Waals surface area contributed by atoms with E-state index in [1.165, 1.54) is 11.8 Å². The van der Waals surface area contributed by atoms with E-state index in [-0.39, 0.29) is 23.8 Å². The van der Waals surface area contributed by atoms with Crippen LogP contribution in [0.15, 0.2) is 52.4 Å². The quantitative estimate of drug-likeness (QED) is 0.559. The lowest BCUT2D eigenvalue weighted by Crippen LogP contribution is -2.31. The van der Waals surface area contributed by atoms with Crippen LogP contribution in [0.3, 0.4) is 0 Å². The molecule has 0 fully saturated rings. The number of aromatic nitrogens is 2. The molecule has 126 valence electrons. The average Bonchev–Trinajstić information content (AvgIpc) is 2.60. The number of nitrogens with one attached hydrogen (secondary N) is 2. The third-order valence-electron chi connectivity index (χ3n) is 4.39. The summed E-state index contributed by atoms with van der Waals surface area (Å²) >= 11 is 1.44. The first kappa shape index (κ1) is 15.9. The topological polar surface area (TPSA) is 74.8 Å². The maximum Gasteiger partial charge on any atom is 0.257 e. The number of rotatable bonds is 3. The molecule has 2 N–H and O–H groups in total. The zero-order valence-electron chi connectivity index (χ0n) is 13.7. The average molecular weight is 351 g/mol. The van der Waals surface area contributed by atoms with E-state index in [0.29, 0.717) is 16.5 Å². The normalized spacial score (nSPS) is 16.5. The third kappa shape index (κ3) is 2.93. The van der Waals surface area contributed by atoms with Crippen molar-refractivity contribution in [2.24, 2.45) is 0 Å². The van der Waals surface area contributed by atoms with Gasteiger partial charge in [-0.1, -0.05) is 61.2 Å². The monoisotopic (exact) mass is 351 g/mol. The van der Waals surface area contributed by atoms with Crippen molar-refractivity contribution in [1.29, 1.82) is 0 Å². The number of carbonyl (C=O) groups excluding carboxylic acids is 1. The Kier molecular flexibility index (Phi) is 4.05. The van der Waals surface area contributed by atoms with Gasteiger partial charge in [0.2, 0.25) is 5.91 Å². The minimum absolute atomic E-state index is 0.115. The van der Waals surface area contributed by atoms with Crippen molar-refractivity contribution in [3.63, 3.8) is 0 Å². The molecule has 0 aliphatic carbocycles. The van der Waals surface area contributed by atoms with E-state index in [1.807, 2.05) is 43.3 Å².